The second kappa shape index (κ2) is 11.2. The highest BCUT2D eigenvalue weighted by Gasteiger charge is 2.64. The number of rotatable bonds is 7. The Morgan fingerprint density at radius 1 is 0.895 bits per heavy atom. The van der Waals surface area contributed by atoms with Gasteiger partial charge in [0.25, 0.3) is 0 Å². The first-order chi connectivity index (χ1) is 17.8. The van der Waals surface area contributed by atoms with Crippen molar-refractivity contribution in [2.45, 2.75) is 43.9 Å². The average molecular weight is 530 g/mol. The van der Waals surface area contributed by atoms with Gasteiger partial charge in [0, 0.05) is 5.92 Å². The van der Waals surface area contributed by atoms with Crippen molar-refractivity contribution < 1.29 is 42.2 Å². The number of ether oxygens (including phenoxy) is 3. The highest BCUT2D eigenvalue weighted by molar-refractivity contribution is 6.36. The van der Waals surface area contributed by atoms with Crippen molar-refractivity contribution in [3.8, 4) is 0 Å². The Labute approximate surface area is 218 Å². The van der Waals surface area contributed by atoms with Gasteiger partial charge in [-0.3, -0.25) is 14.9 Å². The molecule has 0 radical (unpaired) electrons. The van der Waals surface area contributed by atoms with Crippen molar-refractivity contribution in [2.24, 2.45) is 5.92 Å². The number of carbonyl (C=O) groups is 4. The molecule has 1 N–H and O–H groups in total. The standard InChI is InChI=1S/C28H29F2NO7/c1-27(2,3)38-24(33)22-20(17-8-12-19(30)13-9-17)21(23(32)25(34)36-4)28(31-22,26(35)37-5)15-14-16-6-10-18(29)11-7-16/h6-15,20-22,31H,1-5H3/b15-14+/t20-,21+,22-,28+/m1/s1. The van der Waals surface area contributed by atoms with Gasteiger partial charge in [-0.05, 0) is 56.2 Å². The van der Waals surface area contributed by atoms with Crippen LogP contribution in [-0.2, 0) is 33.4 Å². The third-order valence-electron chi connectivity index (χ3n) is 6.12. The first-order valence-corrected chi connectivity index (χ1v) is 11.7. The number of hydrogen-bond acceptors (Lipinski definition) is 8. The van der Waals surface area contributed by atoms with Crippen LogP contribution in [-0.4, -0.2) is 55.1 Å². The molecule has 0 bridgehead atoms. The van der Waals surface area contributed by atoms with Crippen LogP contribution in [0.1, 0.15) is 37.8 Å². The molecule has 0 aromatic heterocycles. The maximum atomic E-state index is 13.8. The Hall–Kier alpha value is -3.92. The minimum atomic E-state index is -2.06. The van der Waals surface area contributed by atoms with Gasteiger partial charge in [0.05, 0.1) is 20.1 Å². The minimum Gasteiger partial charge on any atom is -0.467 e. The fourth-order valence-corrected chi connectivity index (χ4v) is 4.53. The predicted octanol–water partition coefficient (Wildman–Crippen LogP) is 3.35. The van der Waals surface area contributed by atoms with Crippen LogP contribution in [0, 0.1) is 17.6 Å². The molecule has 1 aliphatic heterocycles. The summed E-state index contributed by atoms with van der Waals surface area (Å²) >= 11 is 0. The zero-order chi connectivity index (χ0) is 28.3. The molecular weight excluding hydrogens is 500 g/mol. The van der Waals surface area contributed by atoms with Gasteiger partial charge < -0.3 is 14.2 Å². The molecule has 2 aromatic rings. The van der Waals surface area contributed by atoms with Crippen LogP contribution in [0.25, 0.3) is 6.08 Å². The smallest absolute Gasteiger partial charge is 0.374 e. The van der Waals surface area contributed by atoms with Gasteiger partial charge in [-0.15, -0.1) is 0 Å². The molecular formula is C28H29F2NO7. The average Bonchev–Trinajstić information content (AvgIpc) is 3.23. The normalized spacial score (nSPS) is 23.2. The largest absolute Gasteiger partial charge is 0.467 e. The Morgan fingerprint density at radius 3 is 1.95 bits per heavy atom. The van der Waals surface area contributed by atoms with Crippen molar-refractivity contribution >= 4 is 29.8 Å². The Morgan fingerprint density at radius 2 is 1.45 bits per heavy atom. The van der Waals surface area contributed by atoms with E-state index in [2.05, 4.69) is 10.1 Å². The fraction of sp³-hybridized carbons (Fsp3) is 0.357. The van der Waals surface area contributed by atoms with Gasteiger partial charge in [-0.25, -0.2) is 18.4 Å². The Bertz CT molecular complexity index is 1240. The molecule has 3 rings (SSSR count). The molecule has 2 aromatic carbocycles. The van der Waals surface area contributed by atoms with Crippen molar-refractivity contribution in [3.05, 3.63) is 77.4 Å². The summed E-state index contributed by atoms with van der Waals surface area (Å²) in [6, 6.07) is 8.92. The van der Waals surface area contributed by atoms with E-state index in [1.807, 2.05) is 0 Å². The summed E-state index contributed by atoms with van der Waals surface area (Å²) in [5.74, 6) is -7.95. The molecule has 0 spiro atoms. The van der Waals surface area contributed by atoms with Crippen molar-refractivity contribution in [2.75, 3.05) is 14.2 Å². The molecule has 0 aliphatic carbocycles. The van der Waals surface area contributed by atoms with Gasteiger partial charge >= 0.3 is 17.9 Å². The van der Waals surface area contributed by atoms with E-state index in [4.69, 9.17) is 9.47 Å². The summed E-state index contributed by atoms with van der Waals surface area (Å²) in [5.41, 5.74) is -2.25. The van der Waals surface area contributed by atoms with Crippen molar-refractivity contribution in [1.82, 2.24) is 5.32 Å². The van der Waals surface area contributed by atoms with E-state index in [1.54, 1.807) is 20.8 Å². The summed E-state index contributed by atoms with van der Waals surface area (Å²) in [6.07, 6.45) is 2.72. The third-order valence-corrected chi connectivity index (χ3v) is 6.12. The van der Waals surface area contributed by atoms with Gasteiger partial charge in [-0.1, -0.05) is 36.4 Å². The van der Waals surface area contributed by atoms with Crippen LogP contribution in [0.3, 0.4) is 0 Å². The van der Waals surface area contributed by atoms with E-state index >= 15 is 0 Å². The lowest BCUT2D eigenvalue weighted by Gasteiger charge is -2.30. The maximum Gasteiger partial charge on any atom is 0.374 e. The quantitative estimate of drug-likeness (QED) is 0.331. The minimum absolute atomic E-state index is 0.290. The molecule has 202 valence electrons. The lowest BCUT2D eigenvalue weighted by atomic mass is 9.72. The van der Waals surface area contributed by atoms with Crippen molar-refractivity contribution in [3.63, 3.8) is 0 Å². The molecule has 1 fully saturated rings. The number of nitrogens with one attached hydrogen (secondary N) is 1. The number of benzene rings is 2. The summed E-state index contributed by atoms with van der Waals surface area (Å²) in [7, 11) is 2.10. The van der Waals surface area contributed by atoms with Crippen LogP contribution in [0.2, 0.25) is 0 Å². The Balaban J connectivity index is 2.28. The number of hydrogen-bond donors (Lipinski definition) is 1. The number of ketones is 1. The molecule has 8 nitrogen and oxygen atoms in total. The monoisotopic (exact) mass is 529 g/mol. The van der Waals surface area contributed by atoms with Gasteiger partial charge in [0.15, 0.2) is 0 Å². The SMILES string of the molecule is COC(=O)C(=O)[C@@H]1[C@@H](c2ccc(F)cc2)[C@H](C(=O)OC(C)(C)C)N[C@]1(/C=C/c1ccc(F)cc1)C(=O)OC. The maximum absolute atomic E-state index is 13.8. The van der Waals surface area contributed by atoms with E-state index in [9.17, 15) is 28.0 Å². The fourth-order valence-electron chi connectivity index (χ4n) is 4.53. The number of methoxy groups -OCH3 is 2. The van der Waals surface area contributed by atoms with Crippen LogP contribution in [0.5, 0.6) is 0 Å². The van der Waals surface area contributed by atoms with Gasteiger partial charge in [0.1, 0.15) is 28.8 Å². The highest BCUT2D eigenvalue weighted by atomic mass is 19.1. The third kappa shape index (κ3) is 5.96. The molecule has 0 saturated carbocycles. The molecule has 0 unspecified atom stereocenters. The number of carbonyl (C=O) groups excluding carboxylic acids is 4. The van der Waals surface area contributed by atoms with Gasteiger partial charge in [-0.2, -0.15) is 0 Å². The van der Waals surface area contributed by atoms with Crippen LogP contribution in [0.4, 0.5) is 8.78 Å². The highest BCUT2D eigenvalue weighted by Crippen LogP contribution is 2.45. The number of Topliss-reactive ketones (excluding diaryl/α,β-unsaturated/α-hetero) is 1. The summed E-state index contributed by atoms with van der Waals surface area (Å²) in [6.45, 7) is 4.93. The molecule has 10 heteroatoms. The molecule has 38 heavy (non-hydrogen) atoms. The number of halogens is 2. The van der Waals surface area contributed by atoms with E-state index in [0.717, 1.165) is 26.4 Å². The first-order valence-electron chi connectivity index (χ1n) is 11.7. The predicted molar refractivity (Wildman–Crippen MR) is 133 cm³/mol. The van der Waals surface area contributed by atoms with Crippen molar-refractivity contribution in [1.29, 1.82) is 0 Å². The van der Waals surface area contributed by atoms with Crippen LogP contribution in [0.15, 0.2) is 54.6 Å². The molecule has 1 heterocycles. The zero-order valence-corrected chi connectivity index (χ0v) is 21.6. The molecule has 1 aliphatic rings. The zero-order valence-electron chi connectivity index (χ0n) is 21.6. The molecule has 4 atom stereocenters. The van der Waals surface area contributed by atoms with E-state index in [0.29, 0.717) is 5.56 Å². The lowest BCUT2D eigenvalue weighted by molar-refractivity contribution is -0.158. The van der Waals surface area contributed by atoms with E-state index in [-0.39, 0.29) is 5.56 Å². The lowest BCUT2D eigenvalue weighted by Crippen LogP contribution is -2.56. The second-order valence-corrected chi connectivity index (χ2v) is 9.81. The first kappa shape index (κ1) is 28.6. The van der Waals surface area contributed by atoms with E-state index in [1.165, 1.54) is 48.6 Å². The van der Waals surface area contributed by atoms with Crippen LogP contribution < -0.4 is 5.32 Å². The van der Waals surface area contributed by atoms with Gasteiger partial charge in [0.2, 0.25) is 5.78 Å². The molecule has 1 saturated heterocycles. The molecule has 0 amide bonds. The van der Waals surface area contributed by atoms with E-state index < -0.39 is 64.3 Å². The van der Waals surface area contributed by atoms with Crippen LogP contribution >= 0.6 is 0 Å². The summed E-state index contributed by atoms with van der Waals surface area (Å²) < 4.78 is 42.5. The topological polar surface area (TPSA) is 108 Å². The summed E-state index contributed by atoms with van der Waals surface area (Å²) in [5, 5.41) is 2.90. The summed E-state index contributed by atoms with van der Waals surface area (Å²) in [4.78, 5) is 52.9. The second-order valence-electron chi connectivity index (χ2n) is 9.81. The Kier molecular flexibility index (Phi) is 8.46. The number of esters is 3.